The number of hydrogen-bond donors (Lipinski definition) is 1. The van der Waals surface area contributed by atoms with Crippen LogP contribution < -0.4 is 0 Å². The zero-order chi connectivity index (χ0) is 18.1. The smallest absolute Gasteiger partial charge is 0.283 e. The van der Waals surface area contributed by atoms with E-state index in [1.807, 2.05) is 43.3 Å². The van der Waals surface area contributed by atoms with Crippen molar-refractivity contribution < 1.29 is 9.21 Å². The molecule has 0 saturated carbocycles. The second-order valence-corrected chi connectivity index (χ2v) is 7.30. The van der Waals surface area contributed by atoms with Gasteiger partial charge in [0.25, 0.3) is 5.91 Å². The maximum Gasteiger partial charge on any atom is 0.283 e. The third-order valence-electron chi connectivity index (χ3n) is 3.75. The molecule has 0 unspecified atom stereocenters. The molecule has 0 aliphatic carbocycles. The van der Waals surface area contributed by atoms with Gasteiger partial charge in [-0.25, -0.2) is 4.90 Å². The summed E-state index contributed by atoms with van der Waals surface area (Å²) in [6.45, 7) is 1.83. The monoisotopic (exact) mass is 382 g/mol. The molecule has 1 aromatic carbocycles. The SMILES string of the molecule is Cc1ccc(C=C2C(=N)N3C(SCc4ccccc4)=NSC3=NC2=O)o1. The van der Waals surface area contributed by atoms with Crippen molar-refractivity contribution in [2.75, 3.05) is 0 Å². The van der Waals surface area contributed by atoms with Crippen LogP contribution in [0.3, 0.4) is 0 Å². The zero-order valence-electron chi connectivity index (χ0n) is 13.8. The van der Waals surface area contributed by atoms with Gasteiger partial charge in [-0.05, 0) is 30.7 Å². The van der Waals surface area contributed by atoms with Gasteiger partial charge >= 0.3 is 0 Å². The van der Waals surface area contributed by atoms with E-state index in [9.17, 15) is 4.79 Å². The molecule has 1 amide bonds. The number of amides is 1. The van der Waals surface area contributed by atoms with Crippen LogP contribution >= 0.6 is 23.7 Å². The normalized spacial score (nSPS) is 18.2. The second-order valence-electron chi connectivity index (χ2n) is 5.63. The van der Waals surface area contributed by atoms with Gasteiger partial charge in [-0.1, -0.05) is 42.1 Å². The standard InChI is InChI=1S/C18H14N4O2S2/c1-11-7-8-13(24-11)9-14-15(19)22-17(20-16(14)23)26-21-18(22)25-10-12-5-3-2-4-6-12/h2-9,19H,10H2,1H3. The van der Waals surface area contributed by atoms with Gasteiger partial charge in [0.2, 0.25) is 5.17 Å². The number of nitrogens with one attached hydrogen (secondary N) is 1. The average molecular weight is 382 g/mol. The van der Waals surface area contributed by atoms with Crippen molar-refractivity contribution in [3.63, 3.8) is 0 Å². The minimum absolute atomic E-state index is 0.0679. The molecule has 2 aromatic rings. The van der Waals surface area contributed by atoms with E-state index in [1.165, 1.54) is 11.8 Å². The molecule has 130 valence electrons. The van der Waals surface area contributed by atoms with Gasteiger partial charge in [0, 0.05) is 5.75 Å². The van der Waals surface area contributed by atoms with E-state index in [0.29, 0.717) is 16.1 Å². The summed E-state index contributed by atoms with van der Waals surface area (Å²) >= 11 is 2.63. The number of benzene rings is 1. The fraction of sp³-hybridized carbons (Fsp3) is 0.111. The fourth-order valence-electron chi connectivity index (χ4n) is 2.49. The maximum absolute atomic E-state index is 12.3. The number of amidine groups is 3. The van der Waals surface area contributed by atoms with Crippen molar-refractivity contribution in [1.82, 2.24) is 4.90 Å². The molecule has 6 nitrogen and oxygen atoms in total. The highest BCUT2D eigenvalue weighted by Gasteiger charge is 2.37. The van der Waals surface area contributed by atoms with Crippen molar-refractivity contribution >= 4 is 51.9 Å². The van der Waals surface area contributed by atoms with Crippen LogP contribution in [0.5, 0.6) is 0 Å². The molecule has 26 heavy (non-hydrogen) atoms. The first-order valence-electron chi connectivity index (χ1n) is 7.84. The van der Waals surface area contributed by atoms with Gasteiger partial charge in [-0.3, -0.25) is 10.2 Å². The van der Waals surface area contributed by atoms with Crippen molar-refractivity contribution in [2.24, 2.45) is 9.39 Å². The number of aryl methyl sites for hydroxylation is 1. The summed E-state index contributed by atoms with van der Waals surface area (Å²) in [5.74, 6) is 1.61. The van der Waals surface area contributed by atoms with E-state index in [2.05, 4.69) is 9.39 Å². The number of thioether (sulfide) groups is 1. The number of furan rings is 1. The molecule has 0 atom stereocenters. The molecule has 0 radical (unpaired) electrons. The fourth-order valence-corrected chi connectivity index (χ4v) is 4.29. The van der Waals surface area contributed by atoms with Crippen LogP contribution in [0.1, 0.15) is 17.1 Å². The highest BCUT2D eigenvalue weighted by molar-refractivity contribution is 8.18. The number of rotatable bonds is 3. The minimum atomic E-state index is -0.452. The summed E-state index contributed by atoms with van der Waals surface area (Å²) < 4.78 is 9.87. The summed E-state index contributed by atoms with van der Waals surface area (Å²) in [5.41, 5.74) is 1.36. The molecule has 0 fully saturated rings. The lowest BCUT2D eigenvalue weighted by Gasteiger charge is -2.24. The van der Waals surface area contributed by atoms with Crippen LogP contribution in [-0.2, 0) is 10.5 Å². The van der Waals surface area contributed by atoms with Crippen molar-refractivity contribution in [1.29, 1.82) is 5.41 Å². The van der Waals surface area contributed by atoms with Crippen LogP contribution in [0.2, 0.25) is 0 Å². The van der Waals surface area contributed by atoms with Gasteiger partial charge in [0.1, 0.15) is 17.4 Å². The van der Waals surface area contributed by atoms with E-state index in [0.717, 1.165) is 29.0 Å². The second kappa shape index (κ2) is 6.97. The molecule has 2 aliphatic rings. The van der Waals surface area contributed by atoms with Crippen LogP contribution in [0.4, 0.5) is 0 Å². The van der Waals surface area contributed by atoms with Gasteiger partial charge < -0.3 is 4.42 Å². The lowest BCUT2D eigenvalue weighted by Crippen LogP contribution is -2.41. The Bertz CT molecular complexity index is 976. The number of nitrogens with zero attached hydrogens (tertiary/aromatic N) is 3. The molecule has 1 aromatic heterocycles. The van der Waals surface area contributed by atoms with Gasteiger partial charge in [0.15, 0.2) is 5.17 Å². The van der Waals surface area contributed by atoms with Crippen molar-refractivity contribution in [3.05, 3.63) is 65.1 Å². The maximum atomic E-state index is 12.3. The quantitative estimate of drug-likeness (QED) is 0.638. The highest BCUT2D eigenvalue weighted by atomic mass is 32.2. The molecule has 0 spiro atoms. The van der Waals surface area contributed by atoms with E-state index in [4.69, 9.17) is 9.83 Å². The highest BCUT2D eigenvalue weighted by Crippen LogP contribution is 2.33. The van der Waals surface area contributed by atoms with E-state index < -0.39 is 5.91 Å². The van der Waals surface area contributed by atoms with Gasteiger partial charge in [-0.2, -0.15) is 9.39 Å². The number of carbonyl (C=O) groups is 1. The average Bonchev–Trinajstić information content (AvgIpc) is 3.23. The Hall–Kier alpha value is -2.58. The summed E-state index contributed by atoms with van der Waals surface area (Å²) in [4.78, 5) is 18.0. The largest absolute Gasteiger partial charge is 0.462 e. The third kappa shape index (κ3) is 3.25. The Morgan fingerprint density at radius 2 is 2.08 bits per heavy atom. The van der Waals surface area contributed by atoms with Crippen LogP contribution in [0, 0.1) is 12.3 Å². The summed E-state index contributed by atoms with van der Waals surface area (Å²) in [6.07, 6.45) is 1.56. The summed E-state index contributed by atoms with van der Waals surface area (Å²) in [5, 5.41) is 9.55. The molecule has 1 N–H and O–H groups in total. The predicted octanol–water partition coefficient (Wildman–Crippen LogP) is 4.10. The molecule has 0 saturated heterocycles. The molecule has 2 aliphatic heterocycles. The Kier molecular flexibility index (Phi) is 4.52. The third-order valence-corrected chi connectivity index (χ3v) is 5.58. The van der Waals surface area contributed by atoms with E-state index in [-0.39, 0.29) is 11.4 Å². The lowest BCUT2D eigenvalue weighted by atomic mass is 10.1. The molecule has 0 bridgehead atoms. The number of fused-ring (bicyclic) bond motifs is 1. The van der Waals surface area contributed by atoms with Crippen LogP contribution in [-0.4, -0.2) is 27.0 Å². The topological polar surface area (TPSA) is 82.0 Å². The summed E-state index contributed by atoms with van der Waals surface area (Å²) in [7, 11) is 0. The van der Waals surface area contributed by atoms with Crippen LogP contribution in [0.25, 0.3) is 6.08 Å². The number of carbonyl (C=O) groups excluding carboxylic acids is 1. The van der Waals surface area contributed by atoms with Crippen molar-refractivity contribution in [2.45, 2.75) is 12.7 Å². The van der Waals surface area contributed by atoms with Crippen LogP contribution in [0.15, 0.2) is 61.8 Å². The van der Waals surface area contributed by atoms with E-state index in [1.54, 1.807) is 17.0 Å². The zero-order valence-corrected chi connectivity index (χ0v) is 15.4. The first-order valence-corrected chi connectivity index (χ1v) is 9.59. The van der Waals surface area contributed by atoms with Crippen molar-refractivity contribution in [3.8, 4) is 0 Å². The summed E-state index contributed by atoms with van der Waals surface area (Å²) in [6, 6.07) is 13.6. The Morgan fingerprint density at radius 3 is 2.81 bits per heavy atom. The molecular formula is C18H14N4O2S2. The first kappa shape index (κ1) is 16.9. The Labute approximate surface area is 158 Å². The first-order chi connectivity index (χ1) is 12.6. The number of hydrogen-bond acceptors (Lipinski definition) is 6. The molecular weight excluding hydrogens is 368 g/mol. The minimum Gasteiger partial charge on any atom is -0.462 e. The number of aliphatic imine (C=N–C) groups is 1. The predicted molar refractivity (Wildman–Crippen MR) is 106 cm³/mol. The Balaban J connectivity index is 1.57. The molecule has 4 rings (SSSR count). The Morgan fingerprint density at radius 1 is 1.27 bits per heavy atom. The molecule has 8 heteroatoms. The lowest BCUT2D eigenvalue weighted by molar-refractivity contribution is -0.114. The molecule has 3 heterocycles. The van der Waals surface area contributed by atoms with Gasteiger partial charge in [-0.15, -0.1) is 0 Å². The van der Waals surface area contributed by atoms with E-state index >= 15 is 0 Å². The van der Waals surface area contributed by atoms with Gasteiger partial charge in [0.05, 0.1) is 17.5 Å².